The first-order valence-electron chi connectivity index (χ1n) is 7.63. The maximum atomic E-state index is 3.55. The van der Waals surface area contributed by atoms with Gasteiger partial charge in [-0.1, -0.05) is 27.2 Å². The lowest BCUT2D eigenvalue weighted by Crippen LogP contribution is -2.47. The molecule has 0 aromatic heterocycles. The van der Waals surface area contributed by atoms with Crippen molar-refractivity contribution >= 4 is 0 Å². The van der Waals surface area contributed by atoms with Crippen LogP contribution < -0.4 is 5.32 Å². The molecule has 2 heterocycles. The molecule has 2 fully saturated rings. The standard InChI is InChI=1S/C15H30N2/c1-4-14-5-7-17(8-6-14)11-15-12(2)9-16-10-13(15)3/h12-16H,4-11H2,1-3H3. The van der Waals surface area contributed by atoms with Crippen LogP contribution >= 0.6 is 0 Å². The van der Waals surface area contributed by atoms with E-state index >= 15 is 0 Å². The molecular weight excluding hydrogens is 208 g/mol. The quantitative estimate of drug-likeness (QED) is 0.813. The summed E-state index contributed by atoms with van der Waals surface area (Å²) in [6, 6.07) is 0. The molecule has 2 aliphatic rings. The fourth-order valence-electron chi connectivity index (χ4n) is 3.64. The van der Waals surface area contributed by atoms with Crippen molar-refractivity contribution in [2.24, 2.45) is 23.7 Å². The van der Waals surface area contributed by atoms with Crippen LogP contribution in [-0.4, -0.2) is 37.6 Å². The maximum Gasteiger partial charge on any atom is 0.00157 e. The van der Waals surface area contributed by atoms with Crippen LogP contribution in [0.3, 0.4) is 0 Å². The lowest BCUT2D eigenvalue weighted by Gasteiger charge is -2.40. The van der Waals surface area contributed by atoms with Crippen molar-refractivity contribution in [1.29, 1.82) is 0 Å². The van der Waals surface area contributed by atoms with E-state index in [0.29, 0.717) is 0 Å². The summed E-state index contributed by atoms with van der Waals surface area (Å²) in [4.78, 5) is 2.73. The molecule has 2 atom stereocenters. The van der Waals surface area contributed by atoms with E-state index in [1.54, 1.807) is 0 Å². The number of hydrogen-bond acceptors (Lipinski definition) is 2. The van der Waals surface area contributed by atoms with Crippen LogP contribution in [-0.2, 0) is 0 Å². The van der Waals surface area contributed by atoms with Gasteiger partial charge in [-0.25, -0.2) is 0 Å². The van der Waals surface area contributed by atoms with Crippen molar-refractivity contribution in [1.82, 2.24) is 10.2 Å². The number of nitrogens with one attached hydrogen (secondary N) is 1. The molecular formula is C15H30N2. The topological polar surface area (TPSA) is 15.3 Å². The van der Waals surface area contributed by atoms with E-state index in [2.05, 4.69) is 31.0 Å². The van der Waals surface area contributed by atoms with Gasteiger partial charge in [-0.05, 0) is 62.7 Å². The molecule has 0 saturated carbocycles. The largest absolute Gasteiger partial charge is 0.316 e. The minimum Gasteiger partial charge on any atom is -0.316 e. The molecule has 2 unspecified atom stereocenters. The summed E-state index contributed by atoms with van der Waals surface area (Å²) < 4.78 is 0. The summed E-state index contributed by atoms with van der Waals surface area (Å²) in [5.41, 5.74) is 0. The zero-order valence-electron chi connectivity index (χ0n) is 11.9. The Labute approximate surface area is 107 Å². The lowest BCUT2D eigenvalue weighted by molar-refractivity contribution is 0.0981. The Kier molecular flexibility index (Phi) is 4.87. The second kappa shape index (κ2) is 6.19. The molecule has 0 aliphatic carbocycles. The van der Waals surface area contributed by atoms with Crippen molar-refractivity contribution in [3.8, 4) is 0 Å². The molecule has 2 nitrogen and oxygen atoms in total. The highest BCUT2D eigenvalue weighted by molar-refractivity contribution is 4.84. The third-order valence-electron chi connectivity index (χ3n) is 5.15. The van der Waals surface area contributed by atoms with E-state index in [9.17, 15) is 0 Å². The van der Waals surface area contributed by atoms with Gasteiger partial charge in [0.05, 0.1) is 0 Å². The summed E-state index contributed by atoms with van der Waals surface area (Å²) in [6.07, 6.45) is 4.25. The van der Waals surface area contributed by atoms with Crippen molar-refractivity contribution in [3.63, 3.8) is 0 Å². The average Bonchev–Trinajstić information content (AvgIpc) is 2.35. The Balaban J connectivity index is 1.80. The molecule has 0 aromatic carbocycles. The van der Waals surface area contributed by atoms with Gasteiger partial charge >= 0.3 is 0 Å². The molecule has 100 valence electrons. The van der Waals surface area contributed by atoms with Gasteiger partial charge in [-0.15, -0.1) is 0 Å². The molecule has 2 saturated heterocycles. The number of piperidine rings is 2. The maximum absolute atomic E-state index is 3.55. The summed E-state index contributed by atoms with van der Waals surface area (Å²) >= 11 is 0. The van der Waals surface area contributed by atoms with E-state index < -0.39 is 0 Å². The van der Waals surface area contributed by atoms with Gasteiger partial charge in [0, 0.05) is 6.54 Å². The third-order valence-corrected chi connectivity index (χ3v) is 5.15. The molecule has 17 heavy (non-hydrogen) atoms. The minimum absolute atomic E-state index is 0.850. The van der Waals surface area contributed by atoms with Crippen LogP contribution in [0.4, 0.5) is 0 Å². The van der Waals surface area contributed by atoms with Crippen LogP contribution in [0.5, 0.6) is 0 Å². The minimum atomic E-state index is 0.850. The highest BCUT2D eigenvalue weighted by atomic mass is 15.1. The third kappa shape index (κ3) is 3.45. The molecule has 0 amide bonds. The molecule has 0 radical (unpaired) electrons. The van der Waals surface area contributed by atoms with E-state index in [4.69, 9.17) is 0 Å². The summed E-state index contributed by atoms with van der Waals surface area (Å²) in [7, 11) is 0. The van der Waals surface area contributed by atoms with Gasteiger partial charge in [-0.3, -0.25) is 0 Å². The van der Waals surface area contributed by atoms with Gasteiger partial charge in [0.15, 0.2) is 0 Å². The van der Waals surface area contributed by atoms with E-state index in [0.717, 1.165) is 23.7 Å². The second-order valence-electron chi connectivity index (χ2n) is 6.43. The predicted molar refractivity (Wildman–Crippen MR) is 74.1 cm³/mol. The van der Waals surface area contributed by atoms with Crippen molar-refractivity contribution in [2.75, 3.05) is 32.7 Å². The van der Waals surface area contributed by atoms with Crippen LogP contribution in [0.1, 0.15) is 40.0 Å². The number of hydrogen-bond donors (Lipinski definition) is 1. The van der Waals surface area contributed by atoms with Gasteiger partial charge in [-0.2, -0.15) is 0 Å². The van der Waals surface area contributed by atoms with Gasteiger partial charge in [0.25, 0.3) is 0 Å². The Hall–Kier alpha value is -0.0800. The van der Waals surface area contributed by atoms with Gasteiger partial charge in [0.1, 0.15) is 0 Å². The predicted octanol–water partition coefficient (Wildman–Crippen LogP) is 2.60. The normalized spacial score (nSPS) is 37.2. The van der Waals surface area contributed by atoms with Crippen molar-refractivity contribution in [2.45, 2.75) is 40.0 Å². The Morgan fingerprint density at radius 1 is 1.06 bits per heavy atom. The van der Waals surface area contributed by atoms with E-state index in [1.807, 2.05) is 0 Å². The van der Waals surface area contributed by atoms with Crippen LogP contribution in [0, 0.1) is 23.7 Å². The number of likely N-dealkylation sites (tertiary alicyclic amines) is 1. The molecule has 0 spiro atoms. The summed E-state index contributed by atoms with van der Waals surface area (Å²) in [5, 5.41) is 3.55. The number of rotatable bonds is 3. The Morgan fingerprint density at radius 3 is 2.18 bits per heavy atom. The molecule has 0 aromatic rings. The summed E-state index contributed by atoms with van der Waals surface area (Å²) in [5.74, 6) is 3.62. The SMILES string of the molecule is CCC1CCN(CC2C(C)CNCC2C)CC1. The van der Waals surface area contributed by atoms with Crippen LogP contribution in [0.15, 0.2) is 0 Å². The number of nitrogens with zero attached hydrogens (tertiary/aromatic N) is 1. The molecule has 2 heteroatoms. The highest BCUT2D eigenvalue weighted by Crippen LogP contribution is 2.27. The smallest absolute Gasteiger partial charge is 0.00157 e. The fourth-order valence-corrected chi connectivity index (χ4v) is 3.64. The highest BCUT2D eigenvalue weighted by Gasteiger charge is 2.30. The lowest BCUT2D eigenvalue weighted by atomic mass is 9.79. The van der Waals surface area contributed by atoms with Crippen LogP contribution in [0.25, 0.3) is 0 Å². The first kappa shape index (κ1) is 13.4. The van der Waals surface area contributed by atoms with Crippen LogP contribution in [0.2, 0.25) is 0 Å². The zero-order chi connectivity index (χ0) is 12.3. The Morgan fingerprint density at radius 2 is 1.65 bits per heavy atom. The van der Waals surface area contributed by atoms with Crippen molar-refractivity contribution in [3.05, 3.63) is 0 Å². The van der Waals surface area contributed by atoms with E-state index in [1.165, 1.54) is 52.0 Å². The Bertz CT molecular complexity index is 211. The van der Waals surface area contributed by atoms with E-state index in [-0.39, 0.29) is 0 Å². The molecule has 1 N–H and O–H groups in total. The molecule has 2 rings (SSSR count). The first-order valence-corrected chi connectivity index (χ1v) is 7.63. The average molecular weight is 238 g/mol. The first-order chi connectivity index (χ1) is 8.20. The monoisotopic (exact) mass is 238 g/mol. The van der Waals surface area contributed by atoms with Gasteiger partial charge in [0.2, 0.25) is 0 Å². The molecule has 0 bridgehead atoms. The fraction of sp³-hybridized carbons (Fsp3) is 1.00. The van der Waals surface area contributed by atoms with Gasteiger partial charge < -0.3 is 10.2 Å². The second-order valence-corrected chi connectivity index (χ2v) is 6.43. The zero-order valence-corrected chi connectivity index (χ0v) is 11.9. The van der Waals surface area contributed by atoms with Crippen molar-refractivity contribution < 1.29 is 0 Å². The molecule has 2 aliphatic heterocycles. The summed E-state index contributed by atoms with van der Waals surface area (Å²) in [6.45, 7) is 13.7.